The van der Waals surface area contributed by atoms with E-state index in [0.717, 1.165) is 0 Å². The first-order chi connectivity index (χ1) is 9.08. The van der Waals surface area contributed by atoms with Crippen molar-refractivity contribution in [3.63, 3.8) is 0 Å². The van der Waals surface area contributed by atoms with Gasteiger partial charge in [0.05, 0.1) is 7.11 Å². The molecule has 0 fully saturated rings. The van der Waals surface area contributed by atoms with Crippen molar-refractivity contribution in [2.24, 2.45) is 0 Å². The number of amides is 1. The minimum Gasteiger partial charge on any atom is -0.467 e. The summed E-state index contributed by atoms with van der Waals surface area (Å²) < 4.78 is 9.53. The molecule has 0 aliphatic heterocycles. The van der Waals surface area contributed by atoms with Gasteiger partial charge in [0.25, 0.3) is 5.91 Å². The predicted molar refractivity (Wildman–Crippen MR) is 70.6 cm³/mol. The molecule has 6 nitrogen and oxygen atoms in total. The minimum atomic E-state index is -0.727. The maximum Gasteiger partial charge on any atom is 0.328 e. The average molecular weight is 266 g/mol. The van der Waals surface area contributed by atoms with Gasteiger partial charge in [-0.25, -0.2) is 4.79 Å². The largest absolute Gasteiger partial charge is 0.467 e. The molecule has 0 aliphatic carbocycles. The Morgan fingerprint density at radius 2 is 1.89 bits per heavy atom. The van der Waals surface area contributed by atoms with E-state index in [0.29, 0.717) is 24.3 Å². The molecule has 0 heterocycles. The Morgan fingerprint density at radius 3 is 2.42 bits per heavy atom. The van der Waals surface area contributed by atoms with E-state index in [9.17, 15) is 9.59 Å². The van der Waals surface area contributed by atoms with Crippen LogP contribution in [0.4, 0.5) is 5.69 Å². The van der Waals surface area contributed by atoms with Crippen LogP contribution in [0.25, 0.3) is 0 Å². The second kappa shape index (κ2) is 7.38. The normalized spacial score (nSPS) is 11.7. The highest BCUT2D eigenvalue weighted by atomic mass is 16.5. The molecule has 1 aromatic rings. The van der Waals surface area contributed by atoms with Crippen LogP contribution < -0.4 is 11.1 Å². The molecule has 19 heavy (non-hydrogen) atoms. The number of methoxy groups -OCH3 is 2. The van der Waals surface area contributed by atoms with Gasteiger partial charge < -0.3 is 20.5 Å². The monoisotopic (exact) mass is 266 g/mol. The van der Waals surface area contributed by atoms with Crippen LogP contribution in [0.3, 0.4) is 0 Å². The molecule has 0 aromatic heterocycles. The molecule has 104 valence electrons. The predicted octanol–water partition coefficient (Wildman–Crippen LogP) is 0.577. The van der Waals surface area contributed by atoms with E-state index >= 15 is 0 Å². The molecule has 1 aromatic carbocycles. The maximum absolute atomic E-state index is 11.9. The summed E-state index contributed by atoms with van der Waals surface area (Å²) in [5.74, 6) is -0.854. The lowest BCUT2D eigenvalue weighted by molar-refractivity contribution is -0.143. The van der Waals surface area contributed by atoms with Crippen molar-refractivity contribution in [1.82, 2.24) is 5.32 Å². The number of nitrogen functional groups attached to an aromatic ring is 1. The van der Waals surface area contributed by atoms with E-state index < -0.39 is 12.0 Å². The minimum absolute atomic E-state index is 0.349. The highest BCUT2D eigenvalue weighted by Gasteiger charge is 2.21. The fourth-order valence-electron chi connectivity index (χ4n) is 1.50. The Labute approximate surface area is 111 Å². The number of hydrogen-bond donors (Lipinski definition) is 2. The standard InChI is InChI=1S/C13H18N2O4/c1-18-8-7-11(13(17)19-2)15-12(16)9-3-5-10(14)6-4-9/h3-6,11H,7-8,14H2,1-2H3,(H,15,16). The van der Waals surface area contributed by atoms with E-state index in [1.165, 1.54) is 14.2 Å². The Bertz CT molecular complexity index is 431. The summed E-state index contributed by atoms with van der Waals surface area (Å²) in [6, 6.07) is 5.70. The Hall–Kier alpha value is -2.08. The van der Waals surface area contributed by atoms with Crippen LogP contribution in [-0.2, 0) is 14.3 Å². The molecule has 0 saturated heterocycles. The van der Waals surface area contributed by atoms with E-state index in [1.54, 1.807) is 24.3 Å². The number of carbonyl (C=O) groups excluding carboxylic acids is 2. The van der Waals surface area contributed by atoms with Crippen LogP contribution in [0.5, 0.6) is 0 Å². The third-order valence-corrected chi connectivity index (χ3v) is 2.57. The van der Waals surface area contributed by atoms with Gasteiger partial charge in [0.15, 0.2) is 0 Å². The number of esters is 1. The number of nitrogens with two attached hydrogens (primary N) is 1. The summed E-state index contributed by atoms with van der Waals surface area (Å²) in [6.45, 7) is 0.349. The quantitative estimate of drug-likeness (QED) is 0.580. The van der Waals surface area contributed by atoms with Gasteiger partial charge in [-0.15, -0.1) is 0 Å². The van der Waals surface area contributed by atoms with Crippen molar-refractivity contribution < 1.29 is 19.1 Å². The molecular formula is C13H18N2O4. The summed E-state index contributed by atoms with van der Waals surface area (Å²) in [5.41, 5.74) is 6.54. The average Bonchev–Trinajstić information content (AvgIpc) is 2.43. The van der Waals surface area contributed by atoms with Gasteiger partial charge in [-0.1, -0.05) is 0 Å². The lowest BCUT2D eigenvalue weighted by Crippen LogP contribution is -2.42. The summed E-state index contributed by atoms with van der Waals surface area (Å²) >= 11 is 0. The fourth-order valence-corrected chi connectivity index (χ4v) is 1.50. The van der Waals surface area contributed by atoms with Crippen molar-refractivity contribution in [3.05, 3.63) is 29.8 Å². The molecule has 3 N–H and O–H groups in total. The zero-order valence-electron chi connectivity index (χ0n) is 11.0. The van der Waals surface area contributed by atoms with Gasteiger partial charge in [0.2, 0.25) is 0 Å². The Balaban J connectivity index is 2.69. The van der Waals surface area contributed by atoms with Crippen LogP contribution in [0.2, 0.25) is 0 Å². The summed E-state index contributed by atoms with van der Waals surface area (Å²) in [6.07, 6.45) is 0.351. The lowest BCUT2D eigenvalue weighted by atomic mass is 10.1. The molecule has 1 amide bonds. The zero-order chi connectivity index (χ0) is 14.3. The number of benzene rings is 1. The van der Waals surface area contributed by atoms with Crippen LogP contribution >= 0.6 is 0 Å². The lowest BCUT2D eigenvalue weighted by Gasteiger charge is -2.16. The van der Waals surface area contributed by atoms with Crippen molar-refractivity contribution >= 4 is 17.6 Å². The molecule has 1 atom stereocenters. The van der Waals surface area contributed by atoms with Crippen molar-refractivity contribution in [2.45, 2.75) is 12.5 Å². The van der Waals surface area contributed by atoms with Gasteiger partial charge in [0, 0.05) is 31.4 Å². The van der Waals surface area contributed by atoms with Crippen LogP contribution in [-0.4, -0.2) is 38.7 Å². The molecule has 0 saturated carbocycles. The van der Waals surface area contributed by atoms with Crippen LogP contribution in [0, 0.1) is 0 Å². The van der Waals surface area contributed by atoms with Gasteiger partial charge in [-0.3, -0.25) is 4.79 Å². The van der Waals surface area contributed by atoms with Crippen LogP contribution in [0.1, 0.15) is 16.8 Å². The molecule has 0 aliphatic rings. The molecule has 1 rings (SSSR count). The van der Waals surface area contributed by atoms with E-state index in [4.69, 9.17) is 10.5 Å². The van der Waals surface area contributed by atoms with Gasteiger partial charge in [0.1, 0.15) is 6.04 Å². The molecule has 0 bridgehead atoms. The topological polar surface area (TPSA) is 90.6 Å². The van der Waals surface area contributed by atoms with Crippen molar-refractivity contribution in [3.8, 4) is 0 Å². The number of carbonyl (C=O) groups is 2. The van der Waals surface area contributed by atoms with E-state index in [2.05, 4.69) is 10.1 Å². The van der Waals surface area contributed by atoms with Gasteiger partial charge in [-0.05, 0) is 24.3 Å². The summed E-state index contributed by atoms with van der Waals surface area (Å²) in [4.78, 5) is 23.5. The molecule has 6 heteroatoms. The molecule has 1 unspecified atom stereocenters. The van der Waals surface area contributed by atoms with Crippen molar-refractivity contribution in [1.29, 1.82) is 0 Å². The molecular weight excluding hydrogens is 248 g/mol. The maximum atomic E-state index is 11.9. The second-order valence-corrected chi connectivity index (χ2v) is 3.95. The Morgan fingerprint density at radius 1 is 1.26 bits per heavy atom. The molecule has 0 radical (unpaired) electrons. The smallest absolute Gasteiger partial charge is 0.328 e. The summed E-state index contributed by atoms with van der Waals surface area (Å²) in [7, 11) is 2.80. The SMILES string of the molecule is COCCC(NC(=O)c1ccc(N)cc1)C(=O)OC. The zero-order valence-corrected chi connectivity index (χ0v) is 11.0. The third-order valence-electron chi connectivity index (χ3n) is 2.57. The van der Waals surface area contributed by atoms with Crippen LogP contribution in [0.15, 0.2) is 24.3 Å². The highest BCUT2D eigenvalue weighted by molar-refractivity contribution is 5.97. The number of nitrogens with one attached hydrogen (secondary N) is 1. The first-order valence-electron chi connectivity index (χ1n) is 5.81. The Kier molecular flexibility index (Phi) is 5.81. The van der Waals surface area contributed by atoms with E-state index in [-0.39, 0.29) is 5.91 Å². The number of hydrogen-bond acceptors (Lipinski definition) is 5. The first kappa shape index (κ1) is 15.0. The third kappa shape index (κ3) is 4.59. The van der Waals surface area contributed by atoms with Crippen molar-refractivity contribution in [2.75, 3.05) is 26.6 Å². The fraction of sp³-hybridized carbons (Fsp3) is 0.385. The van der Waals surface area contributed by atoms with E-state index in [1.807, 2.05) is 0 Å². The first-order valence-corrected chi connectivity index (χ1v) is 5.81. The number of rotatable bonds is 6. The number of anilines is 1. The highest BCUT2D eigenvalue weighted by Crippen LogP contribution is 2.06. The second-order valence-electron chi connectivity index (χ2n) is 3.95. The molecule has 0 spiro atoms. The number of ether oxygens (including phenoxy) is 2. The summed E-state index contributed by atoms with van der Waals surface area (Å²) in [5, 5.41) is 2.60. The van der Waals surface area contributed by atoms with Gasteiger partial charge in [-0.2, -0.15) is 0 Å². The van der Waals surface area contributed by atoms with Gasteiger partial charge >= 0.3 is 5.97 Å².